The van der Waals surface area contributed by atoms with Gasteiger partial charge in [-0.05, 0) is 23.3 Å². The summed E-state index contributed by atoms with van der Waals surface area (Å²) in [5, 5.41) is 4.19. The maximum Gasteiger partial charge on any atom is 0.158 e. The Hall–Kier alpha value is -1.61. The second-order valence-corrected chi connectivity index (χ2v) is 5.17. The summed E-state index contributed by atoms with van der Waals surface area (Å²) in [5.74, 6) is 0. The van der Waals surface area contributed by atoms with Crippen molar-refractivity contribution in [2.45, 2.75) is 12.5 Å². The monoisotopic (exact) mass is 301 g/mol. The Morgan fingerprint density at radius 2 is 1.89 bits per heavy atom. The van der Waals surface area contributed by atoms with E-state index in [1.807, 2.05) is 30.3 Å². The first-order valence-electron chi connectivity index (χ1n) is 5.86. The lowest BCUT2D eigenvalue weighted by molar-refractivity contribution is 0.0857. The van der Waals surface area contributed by atoms with Crippen molar-refractivity contribution in [3.8, 4) is 0 Å². The van der Waals surface area contributed by atoms with Gasteiger partial charge in [-0.3, -0.25) is 0 Å². The van der Waals surface area contributed by atoms with E-state index in [1.54, 1.807) is 0 Å². The van der Waals surface area contributed by atoms with Crippen LogP contribution in [0.4, 0.5) is 0 Å². The summed E-state index contributed by atoms with van der Waals surface area (Å²) >= 11 is 3.48. The molecule has 0 spiro atoms. The lowest BCUT2D eigenvalue weighted by atomic mass is 10.0. The van der Waals surface area contributed by atoms with E-state index in [4.69, 9.17) is 4.84 Å². The number of oxime groups is 1. The van der Waals surface area contributed by atoms with Crippen LogP contribution in [0.15, 0.2) is 64.2 Å². The van der Waals surface area contributed by atoms with E-state index >= 15 is 0 Å². The molecule has 1 unspecified atom stereocenters. The summed E-state index contributed by atoms with van der Waals surface area (Å²) in [4.78, 5) is 5.53. The number of hydrogen-bond donors (Lipinski definition) is 0. The predicted octanol–water partition coefficient (Wildman–Crippen LogP) is 4.31. The normalized spacial score (nSPS) is 18.3. The molecule has 0 aromatic heterocycles. The fourth-order valence-corrected chi connectivity index (χ4v) is 2.48. The van der Waals surface area contributed by atoms with Crippen LogP contribution < -0.4 is 0 Å². The van der Waals surface area contributed by atoms with Gasteiger partial charge in [-0.15, -0.1) is 0 Å². The van der Waals surface area contributed by atoms with Crippen LogP contribution in [0.5, 0.6) is 0 Å². The second-order valence-electron chi connectivity index (χ2n) is 4.26. The minimum atomic E-state index is 0.0257. The zero-order valence-electron chi connectivity index (χ0n) is 9.71. The molecular formula is C15H12BrNO. The van der Waals surface area contributed by atoms with Gasteiger partial charge in [-0.2, -0.15) is 0 Å². The Kier molecular flexibility index (Phi) is 3.15. The van der Waals surface area contributed by atoms with E-state index in [2.05, 4.69) is 45.4 Å². The SMILES string of the molecule is Brc1cccc(C2CC(c3ccccc3)=NO2)c1. The molecule has 0 bridgehead atoms. The highest BCUT2D eigenvalue weighted by molar-refractivity contribution is 9.10. The largest absolute Gasteiger partial charge is 0.387 e. The van der Waals surface area contributed by atoms with Gasteiger partial charge in [-0.1, -0.05) is 63.6 Å². The quantitative estimate of drug-likeness (QED) is 0.810. The van der Waals surface area contributed by atoms with Crippen molar-refractivity contribution in [2.24, 2.45) is 5.16 Å². The minimum absolute atomic E-state index is 0.0257. The summed E-state index contributed by atoms with van der Waals surface area (Å²) < 4.78 is 1.07. The molecule has 3 heteroatoms. The maximum atomic E-state index is 5.53. The lowest BCUT2D eigenvalue weighted by Crippen LogP contribution is -2.01. The van der Waals surface area contributed by atoms with Crippen LogP contribution in [0.25, 0.3) is 0 Å². The highest BCUT2D eigenvalue weighted by Gasteiger charge is 2.23. The van der Waals surface area contributed by atoms with E-state index in [1.165, 1.54) is 0 Å². The molecule has 1 atom stereocenters. The fraction of sp³-hybridized carbons (Fsp3) is 0.133. The second kappa shape index (κ2) is 4.94. The summed E-state index contributed by atoms with van der Waals surface area (Å²) in [6, 6.07) is 18.3. The third-order valence-corrected chi connectivity index (χ3v) is 3.49. The van der Waals surface area contributed by atoms with Gasteiger partial charge < -0.3 is 4.84 Å². The van der Waals surface area contributed by atoms with Crippen LogP contribution in [-0.4, -0.2) is 5.71 Å². The maximum absolute atomic E-state index is 5.53. The topological polar surface area (TPSA) is 21.6 Å². The van der Waals surface area contributed by atoms with Crippen LogP contribution in [0.3, 0.4) is 0 Å². The number of benzene rings is 2. The highest BCUT2D eigenvalue weighted by Crippen LogP contribution is 2.30. The number of nitrogens with zero attached hydrogens (tertiary/aromatic N) is 1. The number of hydrogen-bond acceptors (Lipinski definition) is 2. The van der Waals surface area contributed by atoms with Crippen LogP contribution in [-0.2, 0) is 4.84 Å². The molecule has 2 aromatic rings. The van der Waals surface area contributed by atoms with Crippen LogP contribution in [0.1, 0.15) is 23.7 Å². The first-order valence-corrected chi connectivity index (χ1v) is 6.66. The Morgan fingerprint density at radius 1 is 1.06 bits per heavy atom. The first kappa shape index (κ1) is 11.5. The highest BCUT2D eigenvalue weighted by atomic mass is 79.9. The van der Waals surface area contributed by atoms with E-state index in [9.17, 15) is 0 Å². The van der Waals surface area contributed by atoms with Gasteiger partial charge >= 0.3 is 0 Å². The summed E-state index contributed by atoms with van der Waals surface area (Å²) in [6.45, 7) is 0. The fourth-order valence-electron chi connectivity index (χ4n) is 2.06. The third-order valence-electron chi connectivity index (χ3n) is 3.00. The van der Waals surface area contributed by atoms with Crippen molar-refractivity contribution < 1.29 is 4.84 Å². The average Bonchev–Trinajstić information content (AvgIpc) is 2.89. The Bertz CT molecular complexity index is 580. The molecule has 2 aromatic carbocycles. The van der Waals surface area contributed by atoms with Crippen LogP contribution >= 0.6 is 15.9 Å². The molecule has 0 N–H and O–H groups in total. The van der Waals surface area contributed by atoms with E-state index in [0.717, 1.165) is 27.7 Å². The minimum Gasteiger partial charge on any atom is -0.387 e. The first-order chi connectivity index (χ1) is 8.83. The summed E-state index contributed by atoms with van der Waals surface area (Å²) in [5.41, 5.74) is 3.30. The van der Waals surface area contributed by atoms with E-state index in [-0.39, 0.29) is 6.10 Å². The number of rotatable bonds is 2. The molecule has 2 nitrogen and oxygen atoms in total. The van der Waals surface area contributed by atoms with E-state index < -0.39 is 0 Å². The molecule has 3 rings (SSSR count). The smallest absolute Gasteiger partial charge is 0.158 e. The Morgan fingerprint density at radius 3 is 2.67 bits per heavy atom. The molecule has 1 heterocycles. The van der Waals surface area contributed by atoms with Crippen LogP contribution in [0, 0.1) is 0 Å². The molecular weight excluding hydrogens is 290 g/mol. The Balaban J connectivity index is 1.79. The molecule has 0 aliphatic carbocycles. The molecule has 0 radical (unpaired) electrons. The zero-order chi connectivity index (χ0) is 12.4. The molecule has 90 valence electrons. The van der Waals surface area contributed by atoms with Gasteiger partial charge in [0, 0.05) is 10.9 Å². The predicted molar refractivity (Wildman–Crippen MR) is 75.6 cm³/mol. The van der Waals surface area contributed by atoms with Gasteiger partial charge in [0.15, 0.2) is 6.10 Å². The van der Waals surface area contributed by atoms with Gasteiger partial charge in [-0.25, -0.2) is 0 Å². The zero-order valence-corrected chi connectivity index (χ0v) is 11.3. The molecule has 1 aliphatic heterocycles. The van der Waals surface area contributed by atoms with Crippen molar-refractivity contribution in [1.82, 2.24) is 0 Å². The molecule has 0 saturated heterocycles. The van der Waals surface area contributed by atoms with Crippen molar-refractivity contribution in [3.63, 3.8) is 0 Å². The molecule has 0 fully saturated rings. The summed E-state index contributed by atoms with van der Waals surface area (Å²) in [7, 11) is 0. The average molecular weight is 302 g/mol. The molecule has 18 heavy (non-hydrogen) atoms. The standard InChI is InChI=1S/C15H12BrNO/c16-13-8-4-7-12(9-13)15-10-14(17-18-15)11-5-2-1-3-6-11/h1-9,15H,10H2. The van der Waals surface area contributed by atoms with Crippen molar-refractivity contribution in [1.29, 1.82) is 0 Å². The number of halogens is 1. The third kappa shape index (κ3) is 2.31. The van der Waals surface area contributed by atoms with Gasteiger partial charge in [0.2, 0.25) is 0 Å². The van der Waals surface area contributed by atoms with Gasteiger partial charge in [0.1, 0.15) is 0 Å². The van der Waals surface area contributed by atoms with Crippen molar-refractivity contribution in [2.75, 3.05) is 0 Å². The van der Waals surface area contributed by atoms with Crippen molar-refractivity contribution in [3.05, 3.63) is 70.2 Å². The van der Waals surface area contributed by atoms with Gasteiger partial charge in [0.05, 0.1) is 5.71 Å². The van der Waals surface area contributed by atoms with E-state index in [0.29, 0.717) is 0 Å². The summed E-state index contributed by atoms with van der Waals surface area (Å²) in [6.07, 6.45) is 0.846. The van der Waals surface area contributed by atoms with Crippen molar-refractivity contribution >= 4 is 21.6 Å². The molecule has 1 aliphatic rings. The molecule has 0 amide bonds. The lowest BCUT2D eigenvalue weighted by Gasteiger charge is -2.08. The molecule has 0 saturated carbocycles. The van der Waals surface area contributed by atoms with Crippen LogP contribution in [0.2, 0.25) is 0 Å². The van der Waals surface area contributed by atoms with Gasteiger partial charge in [0.25, 0.3) is 0 Å². The Labute approximate surface area is 114 Å².